The molecule has 0 spiro atoms. The van der Waals surface area contributed by atoms with Crippen molar-refractivity contribution in [1.29, 1.82) is 10.5 Å². The standard InChI is InChI=1S/C12H20N4O/c1-10(4-3-5-11(2)15)12(17)16(8-6-13)9-7-14/h10-11H,3-5,8-9,15H2,1-2H3. The van der Waals surface area contributed by atoms with E-state index in [2.05, 4.69) is 0 Å². The monoisotopic (exact) mass is 236 g/mol. The lowest BCUT2D eigenvalue weighted by atomic mass is 10.0. The Morgan fingerprint density at radius 2 is 1.76 bits per heavy atom. The number of nitrogens with zero attached hydrogens (tertiary/aromatic N) is 3. The molecule has 0 saturated heterocycles. The van der Waals surface area contributed by atoms with Crippen molar-refractivity contribution in [2.75, 3.05) is 13.1 Å². The van der Waals surface area contributed by atoms with Gasteiger partial charge >= 0.3 is 0 Å². The zero-order valence-electron chi connectivity index (χ0n) is 10.5. The number of carbonyl (C=O) groups excluding carboxylic acids is 1. The molecular formula is C12H20N4O. The zero-order valence-corrected chi connectivity index (χ0v) is 10.5. The smallest absolute Gasteiger partial charge is 0.227 e. The van der Waals surface area contributed by atoms with E-state index < -0.39 is 0 Å². The van der Waals surface area contributed by atoms with E-state index in [1.54, 1.807) is 0 Å². The van der Waals surface area contributed by atoms with Crippen LogP contribution in [0.2, 0.25) is 0 Å². The predicted molar refractivity (Wildman–Crippen MR) is 64.5 cm³/mol. The first-order chi connectivity index (χ1) is 8.02. The minimum atomic E-state index is -0.157. The number of nitrogens with two attached hydrogens (primary N) is 1. The summed E-state index contributed by atoms with van der Waals surface area (Å²) in [6.45, 7) is 3.71. The van der Waals surface area contributed by atoms with Gasteiger partial charge in [0.15, 0.2) is 0 Å². The van der Waals surface area contributed by atoms with Crippen LogP contribution >= 0.6 is 0 Å². The molecule has 0 rings (SSSR count). The van der Waals surface area contributed by atoms with Crippen LogP contribution in [0, 0.1) is 28.6 Å². The SMILES string of the molecule is CC(N)CCCC(C)C(=O)N(CC#N)CC#N. The Labute approximate surface area is 103 Å². The molecule has 94 valence electrons. The van der Waals surface area contributed by atoms with Crippen LogP contribution in [-0.2, 0) is 4.79 Å². The summed E-state index contributed by atoms with van der Waals surface area (Å²) in [6.07, 6.45) is 2.51. The highest BCUT2D eigenvalue weighted by Gasteiger charge is 2.19. The number of amides is 1. The first-order valence-electron chi connectivity index (χ1n) is 5.81. The summed E-state index contributed by atoms with van der Waals surface area (Å²) in [7, 11) is 0. The minimum absolute atomic E-state index is 0.0238. The molecule has 0 bridgehead atoms. The van der Waals surface area contributed by atoms with Crippen LogP contribution in [0.25, 0.3) is 0 Å². The lowest BCUT2D eigenvalue weighted by Crippen LogP contribution is -2.36. The molecule has 0 radical (unpaired) electrons. The average Bonchev–Trinajstić information content (AvgIpc) is 2.27. The van der Waals surface area contributed by atoms with E-state index in [4.69, 9.17) is 16.3 Å². The van der Waals surface area contributed by atoms with Gasteiger partial charge in [0.1, 0.15) is 13.1 Å². The van der Waals surface area contributed by atoms with Crippen molar-refractivity contribution >= 4 is 5.91 Å². The molecule has 5 heteroatoms. The molecule has 0 saturated carbocycles. The Bertz CT molecular complexity index is 297. The van der Waals surface area contributed by atoms with E-state index in [9.17, 15) is 4.79 Å². The first kappa shape index (κ1) is 15.4. The molecule has 0 aliphatic heterocycles. The van der Waals surface area contributed by atoms with Crippen molar-refractivity contribution in [3.8, 4) is 12.1 Å². The molecular weight excluding hydrogens is 216 g/mol. The van der Waals surface area contributed by atoms with Gasteiger partial charge in [-0.1, -0.05) is 13.3 Å². The molecule has 5 nitrogen and oxygen atoms in total. The Kier molecular flexibility index (Phi) is 7.75. The number of rotatable bonds is 7. The van der Waals surface area contributed by atoms with Gasteiger partial charge in [0, 0.05) is 12.0 Å². The highest BCUT2D eigenvalue weighted by molar-refractivity contribution is 5.78. The number of carbonyl (C=O) groups is 1. The third-order valence-electron chi connectivity index (χ3n) is 2.55. The average molecular weight is 236 g/mol. The molecule has 0 aromatic carbocycles. The molecule has 1 amide bonds. The van der Waals surface area contributed by atoms with Gasteiger partial charge in [-0.25, -0.2) is 0 Å². The second kappa shape index (κ2) is 8.55. The topological polar surface area (TPSA) is 93.9 Å². The lowest BCUT2D eigenvalue weighted by Gasteiger charge is -2.20. The van der Waals surface area contributed by atoms with Gasteiger partial charge in [0.2, 0.25) is 5.91 Å². The number of nitriles is 2. The molecule has 0 fully saturated rings. The summed E-state index contributed by atoms with van der Waals surface area (Å²) in [4.78, 5) is 13.2. The van der Waals surface area contributed by atoms with Crippen LogP contribution in [0.5, 0.6) is 0 Å². The summed E-state index contributed by atoms with van der Waals surface area (Å²) in [5.74, 6) is -0.284. The fourth-order valence-electron chi connectivity index (χ4n) is 1.56. The molecule has 17 heavy (non-hydrogen) atoms. The summed E-state index contributed by atoms with van der Waals surface area (Å²) in [6, 6.07) is 3.94. The van der Waals surface area contributed by atoms with Crippen molar-refractivity contribution in [1.82, 2.24) is 4.90 Å². The second-order valence-corrected chi connectivity index (χ2v) is 4.32. The van der Waals surface area contributed by atoms with Crippen LogP contribution in [0.1, 0.15) is 33.1 Å². The van der Waals surface area contributed by atoms with E-state index in [1.165, 1.54) is 4.90 Å². The Hall–Kier alpha value is -1.59. The normalized spacial score (nSPS) is 13.2. The van der Waals surface area contributed by atoms with E-state index >= 15 is 0 Å². The van der Waals surface area contributed by atoms with E-state index in [0.29, 0.717) is 0 Å². The Morgan fingerprint density at radius 1 is 1.24 bits per heavy atom. The Balaban J connectivity index is 4.17. The molecule has 2 atom stereocenters. The van der Waals surface area contributed by atoms with Gasteiger partial charge < -0.3 is 10.6 Å². The van der Waals surface area contributed by atoms with Gasteiger partial charge in [-0.2, -0.15) is 10.5 Å². The first-order valence-corrected chi connectivity index (χ1v) is 5.81. The molecule has 0 aromatic heterocycles. The van der Waals surface area contributed by atoms with Crippen molar-refractivity contribution in [3.63, 3.8) is 0 Å². The van der Waals surface area contributed by atoms with Gasteiger partial charge in [-0.15, -0.1) is 0 Å². The van der Waals surface area contributed by atoms with E-state index in [-0.39, 0.29) is 31.0 Å². The molecule has 0 heterocycles. The largest absolute Gasteiger partial charge is 0.328 e. The van der Waals surface area contributed by atoms with Gasteiger partial charge in [-0.05, 0) is 19.8 Å². The molecule has 2 unspecified atom stereocenters. The molecule has 2 N–H and O–H groups in total. The van der Waals surface area contributed by atoms with Crippen molar-refractivity contribution in [3.05, 3.63) is 0 Å². The fraction of sp³-hybridized carbons (Fsp3) is 0.750. The van der Waals surface area contributed by atoms with Crippen LogP contribution in [0.3, 0.4) is 0 Å². The van der Waals surface area contributed by atoms with Crippen molar-refractivity contribution in [2.24, 2.45) is 11.7 Å². The zero-order chi connectivity index (χ0) is 13.3. The van der Waals surface area contributed by atoms with E-state index in [0.717, 1.165) is 19.3 Å². The van der Waals surface area contributed by atoms with Crippen LogP contribution in [0.15, 0.2) is 0 Å². The maximum Gasteiger partial charge on any atom is 0.227 e. The van der Waals surface area contributed by atoms with Gasteiger partial charge in [0.25, 0.3) is 0 Å². The highest BCUT2D eigenvalue weighted by Crippen LogP contribution is 2.12. The predicted octanol–water partition coefficient (Wildman–Crippen LogP) is 1.02. The maximum atomic E-state index is 11.9. The van der Waals surface area contributed by atoms with Crippen molar-refractivity contribution < 1.29 is 4.79 Å². The second-order valence-electron chi connectivity index (χ2n) is 4.32. The minimum Gasteiger partial charge on any atom is -0.328 e. The third-order valence-corrected chi connectivity index (χ3v) is 2.55. The molecule has 0 aliphatic rings. The fourth-order valence-corrected chi connectivity index (χ4v) is 1.56. The highest BCUT2D eigenvalue weighted by atomic mass is 16.2. The summed E-state index contributed by atoms with van der Waals surface area (Å²) in [5, 5.41) is 17.1. The summed E-state index contributed by atoms with van der Waals surface area (Å²) in [5.41, 5.74) is 5.63. The van der Waals surface area contributed by atoms with Crippen LogP contribution in [0.4, 0.5) is 0 Å². The number of hydrogen-bond donors (Lipinski definition) is 1. The molecule has 0 aliphatic carbocycles. The van der Waals surface area contributed by atoms with Gasteiger partial charge in [0.05, 0.1) is 12.1 Å². The van der Waals surface area contributed by atoms with Gasteiger partial charge in [-0.3, -0.25) is 4.79 Å². The maximum absolute atomic E-state index is 11.9. The summed E-state index contributed by atoms with van der Waals surface area (Å²) >= 11 is 0. The van der Waals surface area contributed by atoms with Crippen LogP contribution < -0.4 is 5.73 Å². The lowest BCUT2D eigenvalue weighted by molar-refractivity contribution is -0.134. The van der Waals surface area contributed by atoms with E-state index in [1.807, 2.05) is 26.0 Å². The third kappa shape index (κ3) is 6.55. The quantitative estimate of drug-likeness (QED) is 0.667. The summed E-state index contributed by atoms with van der Waals surface area (Å²) < 4.78 is 0. The molecule has 0 aromatic rings. The van der Waals surface area contributed by atoms with Crippen LogP contribution in [-0.4, -0.2) is 29.9 Å². The Morgan fingerprint density at radius 3 is 2.18 bits per heavy atom. The number of hydrogen-bond acceptors (Lipinski definition) is 4. The van der Waals surface area contributed by atoms with Crippen molar-refractivity contribution in [2.45, 2.75) is 39.2 Å².